The number of fused-ring (bicyclic) bond motifs is 2. The highest BCUT2D eigenvalue weighted by atomic mass is 79.9. The predicted molar refractivity (Wildman–Crippen MR) is 124 cm³/mol. The third-order valence-corrected chi connectivity index (χ3v) is 6.68. The highest BCUT2D eigenvalue weighted by Gasteiger charge is 2.34. The van der Waals surface area contributed by atoms with Gasteiger partial charge in [-0.3, -0.25) is 9.59 Å². The lowest BCUT2D eigenvalue weighted by Gasteiger charge is -2.15. The molecule has 31 heavy (non-hydrogen) atoms. The van der Waals surface area contributed by atoms with Gasteiger partial charge in [0.25, 0.3) is 11.5 Å². The van der Waals surface area contributed by atoms with Gasteiger partial charge in [0.1, 0.15) is 10.3 Å². The molecule has 0 bridgehead atoms. The van der Waals surface area contributed by atoms with Crippen LogP contribution in [0.5, 0.6) is 5.75 Å². The first kappa shape index (κ1) is 19.9. The quantitative estimate of drug-likeness (QED) is 0.433. The number of carbonyl (C=O) groups is 1. The van der Waals surface area contributed by atoms with Gasteiger partial charge < -0.3 is 9.64 Å². The Morgan fingerprint density at radius 3 is 2.58 bits per heavy atom. The molecule has 2 aromatic heterocycles. The summed E-state index contributed by atoms with van der Waals surface area (Å²) in [6.45, 7) is 2.61. The molecular formula is C22H17BrN4O3S. The molecule has 156 valence electrons. The second-order valence-corrected chi connectivity index (χ2v) is 8.98. The Kier molecular flexibility index (Phi) is 4.86. The fourth-order valence-corrected chi connectivity index (χ4v) is 5.08. The third-order valence-electron chi connectivity index (χ3n) is 5.16. The average molecular weight is 497 g/mol. The van der Waals surface area contributed by atoms with Crippen LogP contribution in [-0.4, -0.2) is 34.2 Å². The Hall–Kier alpha value is -3.04. The summed E-state index contributed by atoms with van der Waals surface area (Å²) in [7, 11) is 1.60. The van der Waals surface area contributed by atoms with Gasteiger partial charge in [0, 0.05) is 22.1 Å². The summed E-state index contributed by atoms with van der Waals surface area (Å²) in [5, 5.41) is 4.40. The molecule has 1 amide bonds. The summed E-state index contributed by atoms with van der Waals surface area (Å²) in [5.41, 5.74) is 2.44. The summed E-state index contributed by atoms with van der Waals surface area (Å²) in [6, 6.07) is 13.0. The van der Waals surface area contributed by atoms with E-state index in [9.17, 15) is 9.59 Å². The van der Waals surface area contributed by atoms with Gasteiger partial charge in [-0.15, -0.1) is 5.10 Å². The number of methoxy groups -OCH3 is 1. The molecule has 1 aliphatic rings. The number of rotatable bonds is 4. The molecule has 3 heterocycles. The van der Waals surface area contributed by atoms with E-state index < -0.39 is 0 Å². The Morgan fingerprint density at radius 2 is 1.90 bits per heavy atom. The molecule has 5 rings (SSSR count). The first-order chi connectivity index (χ1) is 15.0. The van der Waals surface area contributed by atoms with Crippen molar-refractivity contribution in [3.05, 3.63) is 67.4 Å². The second-order valence-electron chi connectivity index (χ2n) is 7.09. The summed E-state index contributed by atoms with van der Waals surface area (Å²) in [5.74, 6) is 1.03. The number of ether oxygens (including phenoxy) is 1. The minimum atomic E-state index is -0.333. The van der Waals surface area contributed by atoms with Crippen molar-refractivity contribution in [3.63, 3.8) is 0 Å². The lowest BCUT2D eigenvalue weighted by Crippen LogP contribution is -2.32. The Labute approximate surface area is 189 Å². The molecule has 0 saturated heterocycles. The Morgan fingerprint density at radius 1 is 1.13 bits per heavy atom. The highest BCUT2D eigenvalue weighted by molar-refractivity contribution is 9.10. The number of amides is 1. The van der Waals surface area contributed by atoms with Crippen LogP contribution in [0.25, 0.3) is 21.9 Å². The molecule has 0 unspecified atom stereocenters. The van der Waals surface area contributed by atoms with Crippen molar-refractivity contribution < 1.29 is 9.53 Å². The van der Waals surface area contributed by atoms with Crippen molar-refractivity contribution >= 4 is 49.4 Å². The predicted octanol–water partition coefficient (Wildman–Crippen LogP) is 3.26. The first-order valence-electron chi connectivity index (χ1n) is 9.72. The van der Waals surface area contributed by atoms with E-state index in [2.05, 4.69) is 26.0 Å². The van der Waals surface area contributed by atoms with Crippen LogP contribution in [0.2, 0.25) is 0 Å². The van der Waals surface area contributed by atoms with Crippen molar-refractivity contribution in [1.82, 2.24) is 14.6 Å². The van der Waals surface area contributed by atoms with Crippen LogP contribution >= 0.6 is 27.3 Å². The molecule has 4 aromatic rings. The maximum Gasteiger partial charge on any atom is 0.291 e. The number of carbonyl (C=O) groups excluding carboxylic acids is 1. The van der Waals surface area contributed by atoms with Crippen LogP contribution in [0, 0.1) is 0 Å². The maximum absolute atomic E-state index is 13.2. The fourth-order valence-electron chi connectivity index (χ4n) is 3.72. The number of thiazole rings is 1. The van der Waals surface area contributed by atoms with Crippen molar-refractivity contribution in [1.29, 1.82) is 0 Å². The van der Waals surface area contributed by atoms with Crippen molar-refractivity contribution in [3.8, 4) is 17.1 Å². The Balaban J connectivity index is 1.69. The van der Waals surface area contributed by atoms with Gasteiger partial charge in [-0.05, 0) is 48.9 Å². The molecule has 2 aromatic carbocycles. The Bertz CT molecular complexity index is 1440. The van der Waals surface area contributed by atoms with E-state index >= 15 is 0 Å². The zero-order chi connectivity index (χ0) is 21.7. The van der Waals surface area contributed by atoms with E-state index in [1.165, 1.54) is 15.9 Å². The molecule has 0 aliphatic carbocycles. The minimum Gasteiger partial charge on any atom is -0.497 e. The normalized spacial score (nSPS) is 15.1. The van der Waals surface area contributed by atoms with Crippen LogP contribution in [0.3, 0.4) is 0 Å². The second kappa shape index (κ2) is 7.58. The van der Waals surface area contributed by atoms with Crippen LogP contribution in [0.15, 0.2) is 51.7 Å². The number of anilines is 1. The van der Waals surface area contributed by atoms with E-state index in [0.29, 0.717) is 27.4 Å². The van der Waals surface area contributed by atoms with Gasteiger partial charge >= 0.3 is 0 Å². The van der Waals surface area contributed by atoms with E-state index in [-0.39, 0.29) is 11.5 Å². The summed E-state index contributed by atoms with van der Waals surface area (Å²) in [4.78, 5) is 33.2. The van der Waals surface area contributed by atoms with Gasteiger partial charge in [0.2, 0.25) is 4.96 Å². The standard InChI is InChI=1S/C22H17BrN4O3S/c1-3-10-26-16-9-6-13(23)11-15(16)17(20(26)28)18-21(29)27-22(31-18)24-19(25-27)12-4-7-14(30-2)8-5-12/h4-9,11H,3,10H2,1-2H3/b18-17-. The number of hydrogen-bond acceptors (Lipinski definition) is 6. The average Bonchev–Trinajstić information content (AvgIpc) is 3.40. The number of halogens is 1. The molecule has 0 spiro atoms. The smallest absolute Gasteiger partial charge is 0.291 e. The fraction of sp³-hybridized carbons (Fsp3) is 0.182. The van der Waals surface area contributed by atoms with Crippen LogP contribution in [-0.2, 0) is 4.79 Å². The molecule has 0 radical (unpaired) electrons. The molecule has 0 N–H and O–H groups in total. The maximum atomic E-state index is 13.2. The molecule has 0 saturated carbocycles. The first-order valence-corrected chi connectivity index (χ1v) is 11.3. The monoisotopic (exact) mass is 496 g/mol. The van der Waals surface area contributed by atoms with Gasteiger partial charge in [-0.1, -0.05) is 34.2 Å². The summed E-state index contributed by atoms with van der Waals surface area (Å²) >= 11 is 4.67. The van der Waals surface area contributed by atoms with Gasteiger partial charge in [-0.25, -0.2) is 0 Å². The lowest BCUT2D eigenvalue weighted by molar-refractivity contribution is -0.113. The molecule has 0 fully saturated rings. The lowest BCUT2D eigenvalue weighted by atomic mass is 10.1. The molecule has 9 heteroatoms. The topological polar surface area (TPSA) is 76.8 Å². The SMILES string of the molecule is CCCN1C(=O)/C(=c2\sc3nc(-c4ccc(OC)cc4)nn3c2=O)c2cc(Br)ccc21. The largest absolute Gasteiger partial charge is 0.497 e. The van der Waals surface area contributed by atoms with Crippen LogP contribution in [0.1, 0.15) is 18.9 Å². The third kappa shape index (κ3) is 3.16. The van der Waals surface area contributed by atoms with E-state index in [0.717, 1.165) is 33.5 Å². The zero-order valence-corrected chi connectivity index (χ0v) is 19.2. The zero-order valence-electron chi connectivity index (χ0n) is 16.8. The molecule has 1 aliphatic heterocycles. The van der Waals surface area contributed by atoms with Crippen molar-refractivity contribution in [2.24, 2.45) is 0 Å². The highest BCUT2D eigenvalue weighted by Crippen LogP contribution is 2.37. The molecular weight excluding hydrogens is 480 g/mol. The van der Waals surface area contributed by atoms with Crippen LogP contribution in [0.4, 0.5) is 5.69 Å². The number of nitrogens with zero attached hydrogens (tertiary/aromatic N) is 4. The number of aromatic nitrogens is 3. The number of hydrogen-bond donors (Lipinski definition) is 0. The summed E-state index contributed by atoms with van der Waals surface area (Å²) in [6.07, 6.45) is 0.819. The van der Waals surface area contributed by atoms with Crippen LogP contribution < -0.4 is 19.7 Å². The van der Waals surface area contributed by atoms with Gasteiger partial charge in [0.05, 0.1) is 18.4 Å². The molecule has 7 nitrogen and oxygen atoms in total. The van der Waals surface area contributed by atoms with E-state index in [1.807, 2.05) is 49.4 Å². The van der Waals surface area contributed by atoms with Gasteiger partial charge in [0.15, 0.2) is 5.82 Å². The van der Waals surface area contributed by atoms with Crippen molar-refractivity contribution in [2.75, 3.05) is 18.6 Å². The minimum absolute atomic E-state index is 0.160. The van der Waals surface area contributed by atoms with E-state index in [4.69, 9.17) is 4.74 Å². The number of benzene rings is 2. The van der Waals surface area contributed by atoms with Gasteiger partial charge in [-0.2, -0.15) is 9.50 Å². The van der Waals surface area contributed by atoms with E-state index in [1.54, 1.807) is 12.0 Å². The summed E-state index contributed by atoms with van der Waals surface area (Å²) < 4.78 is 7.67. The molecule has 0 atom stereocenters. The van der Waals surface area contributed by atoms with Crippen molar-refractivity contribution in [2.45, 2.75) is 13.3 Å².